The number of ether oxygens (including phenoxy) is 1. The number of anilines is 2. The summed E-state index contributed by atoms with van der Waals surface area (Å²) in [6.07, 6.45) is 1.19. The zero-order valence-electron chi connectivity index (χ0n) is 19.4. The summed E-state index contributed by atoms with van der Waals surface area (Å²) in [6, 6.07) is 13.0. The Labute approximate surface area is 238 Å². The maximum absolute atomic E-state index is 13.2. The van der Waals surface area contributed by atoms with Crippen LogP contribution in [0.5, 0.6) is 5.75 Å². The number of nitrogens with zero attached hydrogens (tertiary/aromatic N) is 2. The van der Waals surface area contributed by atoms with Crippen molar-refractivity contribution >= 4 is 86.0 Å². The number of benzene rings is 3. The lowest BCUT2D eigenvalue weighted by molar-refractivity contribution is -0.384. The molecule has 0 bridgehead atoms. The lowest BCUT2D eigenvalue weighted by atomic mass is 10.1. The van der Waals surface area contributed by atoms with Crippen molar-refractivity contribution in [3.8, 4) is 5.75 Å². The van der Waals surface area contributed by atoms with Crippen LogP contribution in [0.3, 0.4) is 0 Å². The van der Waals surface area contributed by atoms with Gasteiger partial charge >= 0.3 is 6.03 Å². The Balaban J connectivity index is 1.59. The van der Waals surface area contributed by atoms with E-state index in [0.29, 0.717) is 20.1 Å². The second-order valence-corrected chi connectivity index (χ2v) is 9.61. The van der Waals surface area contributed by atoms with Gasteiger partial charge in [0.05, 0.1) is 20.7 Å². The molecular formula is C25H15BrCl2N4O7. The number of hydrogen-bond donors (Lipinski definition) is 2. The summed E-state index contributed by atoms with van der Waals surface area (Å²) < 4.78 is 6.20. The molecule has 1 aliphatic heterocycles. The van der Waals surface area contributed by atoms with Crippen LogP contribution >= 0.6 is 39.1 Å². The van der Waals surface area contributed by atoms with Crippen LogP contribution in [0.15, 0.2) is 70.7 Å². The lowest BCUT2D eigenvalue weighted by Gasteiger charge is -2.26. The molecule has 4 rings (SSSR count). The molecule has 0 spiro atoms. The van der Waals surface area contributed by atoms with Gasteiger partial charge in [0.15, 0.2) is 6.61 Å². The van der Waals surface area contributed by atoms with E-state index in [2.05, 4.69) is 21.2 Å². The van der Waals surface area contributed by atoms with Gasteiger partial charge in [-0.15, -0.1) is 0 Å². The summed E-state index contributed by atoms with van der Waals surface area (Å²) in [5.41, 5.74) is -0.262. The molecule has 1 fully saturated rings. The molecular weight excluding hydrogens is 619 g/mol. The Morgan fingerprint density at radius 1 is 1.08 bits per heavy atom. The molecule has 14 heteroatoms. The first kappa shape index (κ1) is 27.8. The number of carbonyl (C=O) groups is 4. The SMILES string of the molecule is O=C(COc1ccc(Br)cc1/C=C1/C(=O)NC(=O)N(c2cccc([N+](=O)[O-])c2)C1=O)Nc1ccc(Cl)c(Cl)c1. The van der Waals surface area contributed by atoms with Crippen molar-refractivity contribution in [2.45, 2.75) is 0 Å². The van der Waals surface area contributed by atoms with Gasteiger partial charge in [-0.05, 0) is 48.5 Å². The van der Waals surface area contributed by atoms with Gasteiger partial charge in [0.2, 0.25) is 0 Å². The van der Waals surface area contributed by atoms with Crippen molar-refractivity contribution in [1.29, 1.82) is 0 Å². The zero-order chi connectivity index (χ0) is 28.3. The third-order valence-corrected chi connectivity index (χ3v) is 6.47. The number of rotatable bonds is 7. The summed E-state index contributed by atoms with van der Waals surface area (Å²) >= 11 is 15.1. The summed E-state index contributed by atoms with van der Waals surface area (Å²) in [5, 5.41) is 16.4. The fourth-order valence-corrected chi connectivity index (χ4v) is 4.15. The van der Waals surface area contributed by atoms with Gasteiger partial charge in [-0.25, -0.2) is 9.69 Å². The van der Waals surface area contributed by atoms with Gasteiger partial charge in [0, 0.05) is 27.9 Å². The maximum atomic E-state index is 13.2. The Morgan fingerprint density at radius 3 is 2.56 bits per heavy atom. The largest absolute Gasteiger partial charge is 0.483 e. The highest BCUT2D eigenvalue weighted by atomic mass is 79.9. The van der Waals surface area contributed by atoms with Crippen molar-refractivity contribution in [3.63, 3.8) is 0 Å². The molecule has 0 saturated carbocycles. The van der Waals surface area contributed by atoms with E-state index >= 15 is 0 Å². The molecule has 11 nitrogen and oxygen atoms in total. The van der Waals surface area contributed by atoms with Crippen LogP contribution in [0.25, 0.3) is 6.08 Å². The van der Waals surface area contributed by atoms with Crippen LogP contribution in [0.4, 0.5) is 21.9 Å². The highest BCUT2D eigenvalue weighted by Crippen LogP contribution is 2.29. The predicted molar refractivity (Wildman–Crippen MR) is 147 cm³/mol. The topological polar surface area (TPSA) is 148 Å². The molecule has 0 aromatic heterocycles. The van der Waals surface area contributed by atoms with E-state index in [-0.39, 0.29) is 27.7 Å². The lowest BCUT2D eigenvalue weighted by Crippen LogP contribution is -2.54. The molecule has 1 aliphatic rings. The fourth-order valence-electron chi connectivity index (χ4n) is 3.47. The van der Waals surface area contributed by atoms with E-state index in [0.717, 1.165) is 6.07 Å². The molecule has 3 aromatic rings. The third kappa shape index (κ3) is 6.42. The molecule has 198 valence electrons. The number of amides is 5. The Morgan fingerprint density at radius 2 is 1.85 bits per heavy atom. The number of nitro groups is 1. The van der Waals surface area contributed by atoms with Gasteiger partial charge in [0.25, 0.3) is 23.4 Å². The van der Waals surface area contributed by atoms with Crippen molar-refractivity contribution in [1.82, 2.24) is 5.32 Å². The van der Waals surface area contributed by atoms with E-state index in [1.165, 1.54) is 48.5 Å². The summed E-state index contributed by atoms with van der Waals surface area (Å²) in [5.74, 6) is -2.36. The minimum absolute atomic E-state index is 0.102. The number of carbonyl (C=O) groups excluding carboxylic acids is 4. The average molecular weight is 634 g/mol. The fraction of sp³-hybridized carbons (Fsp3) is 0.0400. The highest BCUT2D eigenvalue weighted by molar-refractivity contribution is 9.10. The van der Waals surface area contributed by atoms with Crippen LogP contribution in [0.1, 0.15) is 5.56 Å². The summed E-state index contributed by atoms with van der Waals surface area (Å²) in [6.45, 7) is -0.434. The molecule has 39 heavy (non-hydrogen) atoms. The van der Waals surface area contributed by atoms with E-state index < -0.39 is 40.9 Å². The monoisotopic (exact) mass is 632 g/mol. The summed E-state index contributed by atoms with van der Waals surface area (Å²) in [4.78, 5) is 61.8. The molecule has 0 atom stereocenters. The first-order chi connectivity index (χ1) is 18.5. The quantitative estimate of drug-likeness (QED) is 0.154. The number of nitrogens with one attached hydrogen (secondary N) is 2. The Kier molecular flexibility index (Phi) is 8.29. The third-order valence-electron chi connectivity index (χ3n) is 5.23. The van der Waals surface area contributed by atoms with E-state index in [4.69, 9.17) is 27.9 Å². The molecule has 1 saturated heterocycles. The van der Waals surface area contributed by atoms with Crippen LogP contribution in [0, 0.1) is 10.1 Å². The van der Waals surface area contributed by atoms with E-state index in [9.17, 15) is 29.3 Å². The Bertz CT molecular complexity index is 1580. The van der Waals surface area contributed by atoms with Gasteiger partial charge in [0.1, 0.15) is 11.3 Å². The number of imide groups is 2. The smallest absolute Gasteiger partial charge is 0.335 e. The minimum atomic E-state index is -1.06. The second-order valence-electron chi connectivity index (χ2n) is 7.88. The molecule has 1 heterocycles. The van der Waals surface area contributed by atoms with Crippen LogP contribution in [-0.4, -0.2) is 35.3 Å². The second kappa shape index (κ2) is 11.6. The number of hydrogen-bond acceptors (Lipinski definition) is 7. The van der Waals surface area contributed by atoms with Crippen molar-refractivity contribution < 1.29 is 28.8 Å². The molecule has 0 unspecified atom stereocenters. The summed E-state index contributed by atoms with van der Waals surface area (Å²) in [7, 11) is 0. The van der Waals surface area contributed by atoms with Gasteiger partial charge in [-0.3, -0.25) is 29.8 Å². The van der Waals surface area contributed by atoms with Crippen LogP contribution in [0.2, 0.25) is 10.0 Å². The number of halogens is 3. The number of barbiturate groups is 1. The molecule has 3 aromatic carbocycles. The normalized spacial score (nSPS) is 14.3. The molecule has 0 radical (unpaired) electrons. The van der Waals surface area contributed by atoms with Gasteiger partial charge in [-0.1, -0.05) is 45.2 Å². The van der Waals surface area contributed by atoms with Gasteiger partial charge in [-0.2, -0.15) is 0 Å². The van der Waals surface area contributed by atoms with Crippen LogP contribution < -0.4 is 20.3 Å². The van der Waals surface area contributed by atoms with E-state index in [1.807, 2.05) is 5.32 Å². The number of non-ortho nitro benzene ring substituents is 1. The van der Waals surface area contributed by atoms with E-state index in [1.54, 1.807) is 12.1 Å². The Hall–Kier alpha value is -4.26. The molecule has 5 amide bonds. The minimum Gasteiger partial charge on any atom is -0.483 e. The van der Waals surface area contributed by atoms with Crippen molar-refractivity contribution in [3.05, 3.63) is 96.4 Å². The number of nitro benzene ring substituents is 1. The predicted octanol–water partition coefficient (Wildman–Crippen LogP) is 5.35. The number of urea groups is 1. The first-order valence-electron chi connectivity index (χ1n) is 10.9. The van der Waals surface area contributed by atoms with Crippen LogP contribution in [-0.2, 0) is 14.4 Å². The van der Waals surface area contributed by atoms with Gasteiger partial charge < -0.3 is 10.1 Å². The average Bonchev–Trinajstić information content (AvgIpc) is 2.88. The standard InChI is InChI=1S/C25H15BrCl2N4O7/c26-14-4-7-21(39-12-22(33)29-15-5-6-19(27)20(28)10-15)13(8-14)9-18-23(34)30-25(36)31(24(18)35)16-2-1-3-17(11-16)32(37)38/h1-11H,12H2,(H,29,33)(H,30,34,36)/b18-9-. The highest BCUT2D eigenvalue weighted by Gasteiger charge is 2.37. The van der Waals surface area contributed by atoms with Crippen molar-refractivity contribution in [2.24, 2.45) is 0 Å². The molecule has 0 aliphatic carbocycles. The maximum Gasteiger partial charge on any atom is 0.335 e. The van der Waals surface area contributed by atoms with Crippen molar-refractivity contribution in [2.75, 3.05) is 16.8 Å². The first-order valence-corrected chi connectivity index (χ1v) is 12.4. The molecule has 2 N–H and O–H groups in total. The zero-order valence-corrected chi connectivity index (χ0v) is 22.5.